The summed E-state index contributed by atoms with van der Waals surface area (Å²) in [6.45, 7) is 6.48. The molecule has 0 spiro atoms. The topological polar surface area (TPSA) is 0 Å². The maximum Gasteiger partial charge on any atom is -0.00135 e. The van der Waals surface area contributed by atoms with E-state index < -0.39 is 0 Å². The second kappa shape index (κ2) is 8.97. The second-order valence-corrected chi connectivity index (χ2v) is 7.85. The van der Waals surface area contributed by atoms with Crippen LogP contribution in [0.15, 0.2) is 103 Å². The van der Waals surface area contributed by atoms with E-state index in [0.717, 1.165) is 6.42 Å². The summed E-state index contributed by atoms with van der Waals surface area (Å²) in [6, 6.07) is 30.7. The summed E-state index contributed by atoms with van der Waals surface area (Å²) in [5, 5.41) is 2.59. The van der Waals surface area contributed by atoms with Gasteiger partial charge in [-0.25, -0.2) is 0 Å². The Morgan fingerprint density at radius 2 is 1.40 bits per heavy atom. The highest BCUT2D eigenvalue weighted by molar-refractivity contribution is 5.97. The third-order valence-corrected chi connectivity index (χ3v) is 5.77. The van der Waals surface area contributed by atoms with E-state index in [2.05, 4.69) is 124 Å². The van der Waals surface area contributed by atoms with Crippen LogP contribution in [0, 0.1) is 6.92 Å². The van der Waals surface area contributed by atoms with Gasteiger partial charge in [-0.1, -0.05) is 103 Å². The molecular weight excluding hydrogens is 360 g/mol. The van der Waals surface area contributed by atoms with E-state index in [0.29, 0.717) is 0 Å². The summed E-state index contributed by atoms with van der Waals surface area (Å²) in [5.41, 5.74) is 9.36. The van der Waals surface area contributed by atoms with Crippen molar-refractivity contribution < 1.29 is 0 Å². The van der Waals surface area contributed by atoms with Gasteiger partial charge in [-0.2, -0.15) is 0 Å². The molecule has 0 heterocycles. The fourth-order valence-corrected chi connectivity index (χ4v) is 4.37. The van der Waals surface area contributed by atoms with E-state index in [4.69, 9.17) is 0 Å². The fourth-order valence-electron chi connectivity index (χ4n) is 4.37. The molecule has 0 nitrogen and oxygen atoms in total. The van der Waals surface area contributed by atoms with Crippen LogP contribution < -0.4 is 0 Å². The summed E-state index contributed by atoms with van der Waals surface area (Å²) < 4.78 is 0. The third-order valence-electron chi connectivity index (χ3n) is 5.77. The highest BCUT2D eigenvalue weighted by Gasteiger charge is 2.12. The van der Waals surface area contributed by atoms with Gasteiger partial charge in [0.25, 0.3) is 0 Å². The van der Waals surface area contributed by atoms with Crippen LogP contribution in [-0.4, -0.2) is 0 Å². The van der Waals surface area contributed by atoms with E-state index >= 15 is 0 Å². The first kappa shape index (κ1) is 19.9. The molecular formula is C30H28. The van der Waals surface area contributed by atoms with Gasteiger partial charge in [-0.15, -0.1) is 0 Å². The third kappa shape index (κ3) is 4.00. The SMILES string of the molecule is CC=CC=C(C)c1c(C)cccc1Cc1ccccc1-c1cccc2ccccc12. The van der Waals surface area contributed by atoms with Gasteiger partial charge in [-0.3, -0.25) is 0 Å². The Labute approximate surface area is 180 Å². The van der Waals surface area contributed by atoms with Gasteiger partial charge in [0, 0.05) is 0 Å². The Morgan fingerprint density at radius 3 is 2.27 bits per heavy atom. The zero-order valence-electron chi connectivity index (χ0n) is 18.0. The Kier molecular flexibility index (Phi) is 5.95. The second-order valence-electron chi connectivity index (χ2n) is 7.85. The summed E-state index contributed by atoms with van der Waals surface area (Å²) in [7, 11) is 0. The van der Waals surface area contributed by atoms with Crippen LogP contribution in [0.1, 0.15) is 36.1 Å². The molecule has 0 unspecified atom stereocenters. The van der Waals surface area contributed by atoms with Crippen molar-refractivity contribution in [2.24, 2.45) is 0 Å². The predicted molar refractivity (Wildman–Crippen MR) is 132 cm³/mol. The number of rotatable bonds is 5. The minimum atomic E-state index is 0.914. The molecule has 0 saturated carbocycles. The molecule has 0 aromatic heterocycles. The molecule has 0 amide bonds. The van der Waals surface area contributed by atoms with Crippen molar-refractivity contribution in [3.63, 3.8) is 0 Å². The number of benzene rings is 4. The molecule has 0 bridgehead atoms. The molecule has 4 aromatic rings. The molecule has 0 fully saturated rings. The zero-order chi connectivity index (χ0) is 20.9. The van der Waals surface area contributed by atoms with Crippen LogP contribution in [0.4, 0.5) is 0 Å². The first-order valence-electron chi connectivity index (χ1n) is 10.6. The molecule has 30 heavy (non-hydrogen) atoms. The van der Waals surface area contributed by atoms with Gasteiger partial charge in [0.15, 0.2) is 0 Å². The van der Waals surface area contributed by atoms with Crippen molar-refractivity contribution >= 4 is 16.3 Å². The average Bonchev–Trinajstić information content (AvgIpc) is 2.78. The highest BCUT2D eigenvalue weighted by Crippen LogP contribution is 2.33. The molecule has 0 N–H and O–H groups in total. The standard InChI is InChI=1S/C30H28/c1-4-5-12-22(2)30-23(3)13-10-17-26(30)21-25-15-7-9-19-28(25)29-20-11-16-24-14-6-8-18-27(24)29/h4-20H,21H2,1-3H3. The molecule has 0 heteroatoms. The Morgan fingerprint density at radius 1 is 0.733 bits per heavy atom. The Balaban J connectivity index is 1.83. The number of hydrogen-bond acceptors (Lipinski definition) is 0. The first-order valence-corrected chi connectivity index (χ1v) is 10.6. The van der Waals surface area contributed by atoms with Crippen molar-refractivity contribution in [1.82, 2.24) is 0 Å². The Hall–Kier alpha value is -3.38. The van der Waals surface area contributed by atoms with Crippen LogP contribution in [0.25, 0.3) is 27.5 Å². The minimum absolute atomic E-state index is 0.914. The monoisotopic (exact) mass is 388 g/mol. The summed E-state index contributed by atoms with van der Waals surface area (Å²) in [5.74, 6) is 0. The fraction of sp³-hybridized carbons (Fsp3) is 0.133. The molecule has 148 valence electrons. The molecule has 4 rings (SSSR count). The van der Waals surface area contributed by atoms with Crippen LogP contribution in [0.2, 0.25) is 0 Å². The molecule has 4 aromatic carbocycles. The maximum absolute atomic E-state index is 2.27. The molecule has 0 radical (unpaired) electrons. The molecule has 0 saturated heterocycles. The van der Waals surface area contributed by atoms with Gasteiger partial charge in [0.05, 0.1) is 0 Å². The van der Waals surface area contributed by atoms with Gasteiger partial charge in [0.2, 0.25) is 0 Å². The minimum Gasteiger partial charge on any atom is -0.0877 e. The van der Waals surface area contributed by atoms with Gasteiger partial charge in [-0.05, 0) is 76.9 Å². The van der Waals surface area contributed by atoms with Crippen LogP contribution in [0.5, 0.6) is 0 Å². The molecule has 0 atom stereocenters. The number of fused-ring (bicyclic) bond motifs is 1. The number of aryl methyl sites for hydroxylation is 1. The lowest BCUT2D eigenvalue weighted by molar-refractivity contribution is 1.16. The van der Waals surface area contributed by atoms with Crippen LogP contribution in [-0.2, 0) is 6.42 Å². The highest BCUT2D eigenvalue weighted by atomic mass is 14.2. The van der Waals surface area contributed by atoms with E-state index in [-0.39, 0.29) is 0 Å². The Bertz CT molecular complexity index is 1230. The summed E-state index contributed by atoms with van der Waals surface area (Å²) in [4.78, 5) is 0. The van der Waals surface area contributed by atoms with E-state index in [1.165, 1.54) is 49.7 Å². The predicted octanol–water partition coefficient (Wildman–Crippen LogP) is 8.39. The van der Waals surface area contributed by atoms with Gasteiger partial charge < -0.3 is 0 Å². The first-order chi connectivity index (χ1) is 14.7. The molecule has 0 aliphatic carbocycles. The summed E-state index contributed by atoms with van der Waals surface area (Å²) in [6.07, 6.45) is 7.33. The molecule has 0 aliphatic rings. The van der Waals surface area contributed by atoms with Crippen molar-refractivity contribution in [1.29, 1.82) is 0 Å². The molecule has 0 aliphatic heterocycles. The van der Waals surface area contributed by atoms with Gasteiger partial charge in [0.1, 0.15) is 0 Å². The van der Waals surface area contributed by atoms with E-state index in [1.807, 2.05) is 0 Å². The van der Waals surface area contributed by atoms with E-state index in [1.54, 1.807) is 0 Å². The van der Waals surface area contributed by atoms with Crippen LogP contribution in [0.3, 0.4) is 0 Å². The maximum atomic E-state index is 2.27. The number of allylic oxidation sites excluding steroid dienone is 4. The lowest BCUT2D eigenvalue weighted by Crippen LogP contribution is -1.99. The van der Waals surface area contributed by atoms with Gasteiger partial charge >= 0.3 is 0 Å². The largest absolute Gasteiger partial charge is 0.0877 e. The van der Waals surface area contributed by atoms with Crippen LogP contribution >= 0.6 is 0 Å². The smallest absolute Gasteiger partial charge is 0.00135 e. The lowest BCUT2D eigenvalue weighted by atomic mass is 9.88. The van der Waals surface area contributed by atoms with Crippen molar-refractivity contribution in [2.45, 2.75) is 27.2 Å². The normalized spacial score (nSPS) is 12.0. The number of hydrogen-bond donors (Lipinski definition) is 0. The average molecular weight is 389 g/mol. The zero-order valence-corrected chi connectivity index (χ0v) is 18.0. The van der Waals surface area contributed by atoms with Crippen molar-refractivity contribution in [3.05, 3.63) is 125 Å². The lowest BCUT2D eigenvalue weighted by Gasteiger charge is -2.16. The van der Waals surface area contributed by atoms with Crippen molar-refractivity contribution in [2.75, 3.05) is 0 Å². The summed E-state index contributed by atoms with van der Waals surface area (Å²) >= 11 is 0. The van der Waals surface area contributed by atoms with E-state index in [9.17, 15) is 0 Å². The van der Waals surface area contributed by atoms with Crippen molar-refractivity contribution in [3.8, 4) is 11.1 Å². The quantitative estimate of drug-likeness (QED) is 0.301.